The second-order valence-corrected chi connectivity index (χ2v) is 5.32. The van der Waals surface area contributed by atoms with Crippen molar-refractivity contribution in [3.05, 3.63) is 11.8 Å². The zero-order valence-electron chi connectivity index (χ0n) is 12.7. The summed E-state index contributed by atoms with van der Waals surface area (Å²) in [6.07, 6.45) is 2.28. The van der Waals surface area contributed by atoms with Crippen LogP contribution in [0.3, 0.4) is 0 Å². The van der Waals surface area contributed by atoms with Crippen molar-refractivity contribution < 1.29 is 19.2 Å². The lowest BCUT2D eigenvalue weighted by molar-refractivity contribution is -0.141. The summed E-state index contributed by atoms with van der Waals surface area (Å²) in [6.45, 7) is 5.61. The first-order chi connectivity index (χ1) is 9.88. The number of aryl methyl sites for hydroxylation is 1. The first kappa shape index (κ1) is 17.2. The van der Waals surface area contributed by atoms with Crippen molar-refractivity contribution in [2.75, 3.05) is 11.9 Å². The van der Waals surface area contributed by atoms with Gasteiger partial charge in [-0.2, -0.15) is 0 Å². The fourth-order valence-electron chi connectivity index (χ4n) is 1.84. The summed E-state index contributed by atoms with van der Waals surface area (Å²) in [5.74, 6) is -0.232. The van der Waals surface area contributed by atoms with Crippen molar-refractivity contribution >= 4 is 17.7 Å². The van der Waals surface area contributed by atoms with E-state index in [2.05, 4.69) is 15.8 Å². The van der Waals surface area contributed by atoms with Gasteiger partial charge in [0.05, 0.1) is 12.5 Å². The van der Waals surface area contributed by atoms with Gasteiger partial charge in [-0.3, -0.25) is 9.59 Å². The molecule has 3 N–H and O–H groups in total. The molecule has 118 valence electrons. The largest absolute Gasteiger partial charge is 0.481 e. The summed E-state index contributed by atoms with van der Waals surface area (Å²) in [5, 5.41) is 18.2. The fourth-order valence-corrected chi connectivity index (χ4v) is 1.84. The Morgan fingerprint density at radius 1 is 1.38 bits per heavy atom. The standard InChI is InChI=1S/C14H23N3O4/c1-9(14(19)20)5-4-6-10(2)15-8-13(18)16-12-7-11(3)21-17-12/h7,9-10,15H,4-6,8H2,1-3H3,(H,19,20)(H,16,17,18). The predicted octanol–water partition coefficient (Wildman–Crippen LogP) is 1.79. The molecule has 7 heteroatoms. The van der Waals surface area contributed by atoms with E-state index in [1.165, 1.54) is 0 Å². The summed E-state index contributed by atoms with van der Waals surface area (Å²) in [6, 6.07) is 1.80. The van der Waals surface area contributed by atoms with Gasteiger partial charge < -0.3 is 20.3 Å². The minimum Gasteiger partial charge on any atom is -0.481 e. The van der Waals surface area contributed by atoms with Crippen molar-refractivity contribution in [2.45, 2.75) is 46.1 Å². The number of nitrogens with zero attached hydrogens (tertiary/aromatic N) is 1. The number of anilines is 1. The van der Waals surface area contributed by atoms with Crippen LogP contribution in [0, 0.1) is 12.8 Å². The molecule has 21 heavy (non-hydrogen) atoms. The highest BCUT2D eigenvalue weighted by molar-refractivity contribution is 5.91. The van der Waals surface area contributed by atoms with Crippen LogP contribution in [-0.4, -0.2) is 34.7 Å². The average molecular weight is 297 g/mol. The van der Waals surface area contributed by atoms with Gasteiger partial charge in [-0.1, -0.05) is 18.5 Å². The van der Waals surface area contributed by atoms with E-state index in [0.29, 0.717) is 18.0 Å². The first-order valence-electron chi connectivity index (χ1n) is 7.08. The smallest absolute Gasteiger partial charge is 0.306 e. The lowest BCUT2D eigenvalue weighted by Crippen LogP contribution is -2.34. The summed E-state index contributed by atoms with van der Waals surface area (Å²) in [4.78, 5) is 22.3. The molecule has 0 fully saturated rings. The molecule has 2 unspecified atom stereocenters. The van der Waals surface area contributed by atoms with Gasteiger partial charge >= 0.3 is 5.97 Å². The minimum atomic E-state index is -0.766. The maximum atomic E-state index is 11.7. The van der Waals surface area contributed by atoms with Crippen LogP contribution in [0.25, 0.3) is 0 Å². The molecule has 0 saturated heterocycles. The number of aliphatic carboxylic acids is 1. The quantitative estimate of drug-likeness (QED) is 0.642. The lowest BCUT2D eigenvalue weighted by atomic mass is 10.0. The highest BCUT2D eigenvalue weighted by Crippen LogP contribution is 2.10. The van der Waals surface area contributed by atoms with Crippen molar-refractivity contribution in [3.8, 4) is 0 Å². The van der Waals surface area contributed by atoms with Crippen LogP contribution in [0.5, 0.6) is 0 Å². The normalized spacial score (nSPS) is 13.7. The van der Waals surface area contributed by atoms with Crippen LogP contribution in [0.2, 0.25) is 0 Å². The van der Waals surface area contributed by atoms with Gasteiger partial charge in [0.1, 0.15) is 5.76 Å². The Morgan fingerprint density at radius 3 is 2.67 bits per heavy atom. The van der Waals surface area contributed by atoms with E-state index in [9.17, 15) is 9.59 Å². The van der Waals surface area contributed by atoms with Gasteiger partial charge in [0.2, 0.25) is 5.91 Å². The summed E-state index contributed by atoms with van der Waals surface area (Å²) in [5.41, 5.74) is 0. The molecule has 0 aromatic carbocycles. The fraction of sp³-hybridized carbons (Fsp3) is 0.643. The average Bonchev–Trinajstić information content (AvgIpc) is 2.81. The predicted molar refractivity (Wildman–Crippen MR) is 78.0 cm³/mol. The second kappa shape index (κ2) is 8.41. The minimum absolute atomic E-state index is 0.149. The van der Waals surface area contributed by atoms with Crippen molar-refractivity contribution in [3.63, 3.8) is 0 Å². The number of carbonyl (C=O) groups excluding carboxylic acids is 1. The number of hydrogen-bond donors (Lipinski definition) is 3. The molecule has 0 bridgehead atoms. The van der Waals surface area contributed by atoms with E-state index >= 15 is 0 Å². The van der Waals surface area contributed by atoms with Crippen LogP contribution in [0.1, 0.15) is 38.9 Å². The Bertz CT molecular complexity index is 473. The number of amides is 1. The molecular formula is C14H23N3O4. The molecule has 7 nitrogen and oxygen atoms in total. The molecule has 0 aliphatic carbocycles. The highest BCUT2D eigenvalue weighted by atomic mass is 16.5. The van der Waals surface area contributed by atoms with Crippen molar-refractivity contribution in [1.82, 2.24) is 10.5 Å². The summed E-state index contributed by atoms with van der Waals surface area (Å²) in [7, 11) is 0. The van der Waals surface area contributed by atoms with Gasteiger partial charge in [0.25, 0.3) is 0 Å². The summed E-state index contributed by atoms with van der Waals surface area (Å²) < 4.78 is 4.85. The zero-order valence-corrected chi connectivity index (χ0v) is 12.7. The van der Waals surface area contributed by atoms with Crippen LogP contribution in [0.15, 0.2) is 10.6 Å². The third-order valence-corrected chi connectivity index (χ3v) is 3.20. The van der Waals surface area contributed by atoms with E-state index in [-0.39, 0.29) is 24.4 Å². The van der Waals surface area contributed by atoms with Gasteiger partial charge in [-0.25, -0.2) is 0 Å². The van der Waals surface area contributed by atoms with E-state index in [0.717, 1.165) is 12.8 Å². The summed E-state index contributed by atoms with van der Waals surface area (Å²) >= 11 is 0. The molecule has 1 aromatic rings. The van der Waals surface area contributed by atoms with E-state index < -0.39 is 5.97 Å². The van der Waals surface area contributed by atoms with Crippen LogP contribution >= 0.6 is 0 Å². The molecule has 0 saturated carbocycles. The molecule has 1 aromatic heterocycles. The van der Waals surface area contributed by atoms with E-state index in [4.69, 9.17) is 9.63 Å². The Kier molecular flexibility index (Phi) is 6.87. The van der Waals surface area contributed by atoms with E-state index in [1.54, 1.807) is 19.9 Å². The molecule has 0 spiro atoms. The molecule has 1 rings (SSSR count). The Hall–Kier alpha value is -1.89. The number of carbonyl (C=O) groups is 2. The second-order valence-electron chi connectivity index (χ2n) is 5.32. The number of nitrogens with one attached hydrogen (secondary N) is 2. The molecule has 2 atom stereocenters. The van der Waals surface area contributed by atoms with E-state index in [1.807, 2.05) is 6.92 Å². The van der Waals surface area contributed by atoms with Crippen LogP contribution in [0.4, 0.5) is 5.82 Å². The SMILES string of the molecule is Cc1cc(NC(=O)CNC(C)CCCC(C)C(=O)O)no1. The number of hydrogen-bond acceptors (Lipinski definition) is 5. The topological polar surface area (TPSA) is 104 Å². The molecule has 1 heterocycles. The van der Waals surface area contributed by atoms with Gasteiger partial charge in [-0.15, -0.1) is 0 Å². The van der Waals surface area contributed by atoms with Crippen LogP contribution < -0.4 is 10.6 Å². The van der Waals surface area contributed by atoms with Gasteiger partial charge in [0.15, 0.2) is 5.82 Å². The van der Waals surface area contributed by atoms with Gasteiger partial charge in [-0.05, 0) is 26.7 Å². The van der Waals surface area contributed by atoms with Crippen LogP contribution in [-0.2, 0) is 9.59 Å². The third-order valence-electron chi connectivity index (χ3n) is 3.20. The maximum Gasteiger partial charge on any atom is 0.306 e. The highest BCUT2D eigenvalue weighted by Gasteiger charge is 2.12. The Balaban J connectivity index is 2.16. The lowest BCUT2D eigenvalue weighted by Gasteiger charge is -2.14. The number of aromatic nitrogens is 1. The van der Waals surface area contributed by atoms with Crippen molar-refractivity contribution in [2.24, 2.45) is 5.92 Å². The molecule has 0 radical (unpaired) electrons. The van der Waals surface area contributed by atoms with Gasteiger partial charge in [0, 0.05) is 12.1 Å². The molecular weight excluding hydrogens is 274 g/mol. The maximum absolute atomic E-state index is 11.7. The number of rotatable bonds is 9. The third kappa shape index (κ3) is 6.89. The Morgan fingerprint density at radius 2 is 2.10 bits per heavy atom. The Labute approximate surface area is 124 Å². The molecule has 0 aliphatic heterocycles. The zero-order chi connectivity index (χ0) is 15.8. The number of carboxylic acids is 1. The number of carboxylic acid groups (broad SMARTS) is 1. The first-order valence-corrected chi connectivity index (χ1v) is 7.08. The molecule has 1 amide bonds. The molecule has 0 aliphatic rings. The van der Waals surface area contributed by atoms with Crippen molar-refractivity contribution in [1.29, 1.82) is 0 Å². The monoisotopic (exact) mass is 297 g/mol.